The van der Waals surface area contributed by atoms with E-state index >= 15 is 0 Å². The van der Waals surface area contributed by atoms with E-state index in [1.54, 1.807) is 37.4 Å². The zero-order valence-corrected chi connectivity index (χ0v) is 12.9. The second kappa shape index (κ2) is 5.40. The van der Waals surface area contributed by atoms with Crippen LogP contribution in [0.5, 0.6) is 11.5 Å². The van der Waals surface area contributed by atoms with Crippen molar-refractivity contribution in [2.75, 3.05) is 7.05 Å². The number of phenolic OH excluding ortho intramolecular Hbond substituents is 2. The molecule has 0 amide bonds. The van der Waals surface area contributed by atoms with Crippen LogP contribution in [0.3, 0.4) is 0 Å². The summed E-state index contributed by atoms with van der Waals surface area (Å²) in [5, 5.41) is 24.6. The first kappa shape index (κ1) is 15.0. The maximum atomic E-state index is 12.0. The molecular weight excluding hydrogens is 318 g/mol. The minimum absolute atomic E-state index is 0.136. The highest BCUT2D eigenvalue weighted by molar-refractivity contribution is 7.90. The highest BCUT2D eigenvalue weighted by Crippen LogP contribution is 2.28. The van der Waals surface area contributed by atoms with E-state index in [9.17, 15) is 18.6 Å². The Bertz CT molecular complexity index is 935. The van der Waals surface area contributed by atoms with Gasteiger partial charge in [0.2, 0.25) is 0 Å². The monoisotopic (exact) mass is 331 g/mol. The molecule has 118 valence electrons. The van der Waals surface area contributed by atoms with Crippen LogP contribution in [-0.2, 0) is 10.0 Å². The maximum absolute atomic E-state index is 12.0. The van der Waals surface area contributed by atoms with Gasteiger partial charge < -0.3 is 10.2 Å². The predicted octanol–water partition coefficient (Wildman–Crippen LogP) is 1.51. The Labute approximate surface area is 132 Å². The first-order valence-corrected chi connectivity index (χ1v) is 8.07. The largest absolute Gasteiger partial charge is 0.504 e. The lowest BCUT2D eigenvalue weighted by molar-refractivity contribution is 0.403. The minimum Gasteiger partial charge on any atom is -0.504 e. The van der Waals surface area contributed by atoms with Crippen molar-refractivity contribution < 1.29 is 18.6 Å². The molecule has 2 N–H and O–H groups in total. The summed E-state index contributed by atoms with van der Waals surface area (Å²) < 4.78 is 27.7. The Morgan fingerprint density at radius 2 is 1.87 bits per heavy atom. The molecule has 0 atom stereocenters. The molecular formula is C15H13N3O4S. The zero-order valence-electron chi connectivity index (χ0n) is 12.1. The maximum Gasteiger partial charge on any atom is 0.285 e. The van der Waals surface area contributed by atoms with Crippen molar-refractivity contribution in [2.24, 2.45) is 9.50 Å². The number of sulfonamides is 1. The molecule has 0 aromatic heterocycles. The molecule has 0 spiro atoms. The minimum atomic E-state index is -3.71. The first-order chi connectivity index (χ1) is 10.9. The number of benzene rings is 2. The van der Waals surface area contributed by atoms with Gasteiger partial charge in [0.25, 0.3) is 10.0 Å². The lowest BCUT2D eigenvalue weighted by atomic mass is 10.2. The van der Waals surface area contributed by atoms with E-state index < -0.39 is 10.0 Å². The summed E-state index contributed by atoms with van der Waals surface area (Å²) in [5.41, 5.74) is 0.763. The van der Waals surface area contributed by atoms with Crippen molar-refractivity contribution >= 4 is 22.1 Å². The van der Waals surface area contributed by atoms with E-state index in [0.29, 0.717) is 11.1 Å². The van der Waals surface area contributed by atoms with Crippen molar-refractivity contribution in [3.63, 3.8) is 0 Å². The fraction of sp³-hybridized carbons (Fsp3) is 0.0667. The summed E-state index contributed by atoms with van der Waals surface area (Å²) >= 11 is 0. The SMILES string of the molecule is CN(/N=C\c1cccc(O)c1O)C1=NS(=O)(=O)c2ccccc21. The number of hydrogen-bond donors (Lipinski definition) is 2. The topological polar surface area (TPSA) is 103 Å². The Hall–Kier alpha value is -2.87. The van der Waals surface area contributed by atoms with Gasteiger partial charge in [-0.2, -0.15) is 13.5 Å². The molecule has 7 nitrogen and oxygen atoms in total. The van der Waals surface area contributed by atoms with Crippen LogP contribution in [-0.4, -0.2) is 42.7 Å². The standard InChI is InChI=1S/C15H13N3O4S/c1-18(16-9-10-5-4-7-12(19)14(10)20)15-11-6-2-3-8-13(11)23(21,22)17-15/h2-9,19-20H,1H3/b16-9-. The average molecular weight is 331 g/mol. The van der Waals surface area contributed by atoms with Gasteiger partial charge in [0, 0.05) is 18.2 Å². The van der Waals surface area contributed by atoms with Crippen LogP contribution in [0.4, 0.5) is 0 Å². The molecule has 0 unspecified atom stereocenters. The number of hydrogen-bond acceptors (Lipinski definition) is 6. The third-order valence-electron chi connectivity index (χ3n) is 3.34. The summed E-state index contributed by atoms with van der Waals surface area (Å²) in [6.07, 6.45) is 1.31. The normalized spacial score (nSPS) is 15.4. The number of para-hydroxylation sites is 1. The average Bonchev–Trinajstić information content (AvgIpc) is 2.81. The smallest absolute Gasteiger partial charge is 0.285 e. The Kier molecular flexibility index (Phi) is 3.53. The molecule has 2 aromatic rings. The molecule has 0 fully saturated rings. The number of rotatable bonds is 2. The summed E-state index contributed by atoms with van der Waals surface area (Å²) in [6, 6.07) is 10.9. The van der Waals surface area contributed by atoms with E-state index in [2.05, 4.69) is 9.50 Å². The van der Waals surface area contributed by atoms with Crippen LogP contribution in [0.1, 0.15) is 11.1 Å². The molecule has 0 radical (unpaired) electrons. The number of phenols is 2. The molecule has 3 rings (SSSR count). The molecule has 0 aliphatic carbocycles. The second-order valence-corrected chi connectivity index (χ2v) is 6.44. The van der Waals surface area contributed by atoms with Gasteiger partial charge in [0.1, 0.15) is 4.90 Å². The van der Waals surface area contributed by atoms with Crippen molar-refractivity contribution in [3.05, 3.63) is 53.6 Å². The number of amidine groups is 1. The molecule has 2 aromatic carbocycles. The van der Waals surface area contributed by atoms with Crippen LogP contribution in [0, 0.1) is 0 Å². The van der Waals surface area contributed by atoms with Gasteiger partial charge in [0.05, 0.1) is 6.21 Å². The summed E-state index contributed by atoms with van der Waals surface area (Å²) in [5.74, 6) is -0.370. The summed E-state index contributed by atoms with van der Waals surface area (Å²) in [7, 11) is -2.17. The third kappa shape index (κ3) is 2.64. The van der Waals surface area contributed by atoms with Crippen LogP contribution in [0.2, 0.25) is 0 Å². The van der Waals surface area contributed by atoms with E-state index in [4.69, 9.17) is 0 Å². The Morgan fingerprint density at radius 1 is 1.13 bits per heavy atom. The highest BCUT2D eigenvalue weighted by Gasteiger charge is 2.30. The fourth-order valence-corrected chi connectivity index (χ4v) is 3.41. The van der Waals surface area contributed by atoms with Crippen molar-refractivity contribution in [3.8, 4) is 11.5 Å². The third-order valence-corrected chi connectivity index (χ3v) is 4.66. The molecule has 0 saturated heterocycles. The zero-order chi connectivity index (χ0) is 16.6. The highest BCUT2D eigenvalue weighted by atomic mass is 32.2. The summed E-state index contributed by atoms with van der Waals surface area (Å²) in [4.78, 5) is 0.136. The number of fused-ring (bicyclic) bond motifs is 1. The van der Waals surface area contributed by atoms with Crippen molar-refractivity contribution in [1.29, 1.82) is 0 Å². The summed E-state index contributed by atoms with van der Waals surface area (Å²) in [6.45, 7) is 0. The van der Waals surface area contributed by atoms with Crippen molar-refractivity contribution in [2.45, 2.75) is 4.90 Å². The van der Waals surface area contributed by atoms with Gasteiger partial charge >= 0.3 is 0 Å². The predicted molar refractivity (Wildman–Crippen MR) is 85.3 cm³/mol. The van der Waals surface area contributed by atoms with Crippen LogP contribution in [0.25, 0.3) is 0 Å². The Morgan fingerprint density at radius 3 is 2.65 bits per heavy atom. The molecule has 23 heavy (non-hydrogen) atoms. The van der Waals surface area contributed by atoms with Crippen LogP contribution < -0.4 is 0 Å². The molecule has 0 saturated carbocycles. The number of hydrazone groups is 1. The second-order valence-electron chi connectivity index (χ2n) is 4.87. The first-order valence-electron chi connectivity index (χ1n) is 6.63. The van der Waals surface area contributed by atoms with Gasteiger partial charge in [-0.05, 0) is 24.3 Å². The van der Waals surface area contributed by atoms with Crippen LogP contribution in [0.15, 0.2) is 56.9 Å². The molecule has 1 heterocycles. The molecule has 1 aliphatic rings. The molecule has 0 bridgehead atoms. The molecule has 1 aliphatic heterocycles. The van der Waals surface area contributed by atoms with E-state index in [0.717, 1.165) is 0 Å². The lowest BCUT2D eigenvalue weighted by Gasteiger charge is -2.12. The van der Waals surface area contributed by atoms with Gasteiger partial charge in [-0.15, -0.1) is 4.40 Å². The van der Waals surface area contributed by atoms with E-state index in [1.165, 1.54) is 23.4 Å². The Balaban J connectivity index is 1.95. The number of nitrogens with zero attached hydrogens (tertiary/aromatic N) is 3. The fourth-order valence-electron chi connectivity index (χ4n) is 2.18. The number of aromatic hydroxyl groups is 2. The van der Waals surface area contributed by atoms with Crippen LogP contribution >= 0.6 is 0 Å². The quantitative estimate of drug-likeness (QED) is 0.493. The van der Waals surface area contributed by atoms with Gasteiger partial charge in [-0.25, -0.2) is 5.01 Å². The van der Waals surface area contributed by atoms with Crippen molar-refractivity contribution in [1.82, 2.24) is 5.01 Å². The van der Waals surface area contributed by atoms with E-state index in [-0.39, 0.29) is 22.2 Å². The van der Waals surface area contributed by atoms with E-state index in [1.807, 2.05) is 0 Å². The van der Waals surface area contributed by atoms with Gasteiger partial charge in [0.15, 0.2) is 17.3 Å². The van der Waals surface area contributed by atoms with Gasteiger partial charge in [-0.3, -0.25) is 0 Å². The molecule has 8 heteroatoms. The van der Waals surface area contributed by atoms with Gasteiger partial charge in [-0.1, -0.05) is 18.2 Å². The lowest BCUT2D eigenvalue weighted by Crippen LogP contribution is -2.21.